The maximum Gasteiger partial charge on any atom is 0.309 e. The van der Waals surface area contributed by atoms with Crippen molar-refractivity contribution in [3.63, 3.8) is 0 Å². The molecular formula is C30H46O4. The van der Waals surface area contributed by atoms with E-state index in [2.05, 4.69) is 41.5 Å². The molecule has 4 heteroatoms. The van der Waals surface area contributed by atoms with Gasteiger partial charge in [-0.05, 0) is 110 Å². The molecule has 4 saturated carbocycles. The summed E-state index contributed by atoms with van der Waals surface area (Å²) in [6.45, 7) is 15.8. The number of aliphatic hydroxyl groups excluding tert-OH is 1. The second-order valence-electron chi connectivity index (χ2n) is 14.9. The van der Waals surface area contributed by atoms with Gasteiger partial charge in [0.1, 0.15) is 0 Å². The third kappa shape index (κ3) is 2.81. The summed E-state index contributed by atoms with van der Waals surface area (Å²) < 4.78 is 0. The van der Waals surface area contributed by atoms with Gasteiger partial charge in [-0.2, -0.15) is 0 Å². The maximum atomic E-state index is 14.2. The van der Waals surface area contributed by atoms with Gasteiger partial charge in [0.25, 0.3) is 0 Å². The van der Waals surface area contributed by atoms with Gasteiger partial charge in [-0.15, -0.1) is 0 Å². The molecule has 0 aromatic rings. The Hall–Kier alpha value is -1.16. The van der Waals surface area contributed by atoms with Crippen molar-refractivity contribution in [1.82, 2.24) is 0 Å². The Morgan fingerprint density at radius 3 is 2.21 bits per heavy atom. The SMILES string of the molecule is CC12CC[C@](C)(C(=O)O)CC1C1=CC(=O)C3C4(C)CC[C@H](O)C(C)(C)C4CCC3(C)[C@]1(C)CC2. The van der Waals surface area contributed by atoms with Crippen LogP contribution in [-0.2, 0) is 9.59 Å². The van der Waals surface area contributed by atoms with Crippen LogP contribution in [0.3, 0.4) is 0 Å². The standard InChI is InChI=1S/C30H46O4/c1-25(2)21-8-11-30(7)23(28(21,5)10-9-22(25)32)20(31)16-18-19-17-27(4,24(33)34)13-12-26(19,3)14-15-29(18,30)6/h16,19,21-23,32H,8-15,17H2,1-7H3,(H,33,34)/t19?,21?,22-,23?,26?,27-,28?,29+,30?/m0/s1. The number of carbonyl (C=O) groups excluding carboxylic acids is 1. The molecule has 0 bridgehead atoms. The molecule has 4 fully saturated rings. The van der Waals surface area contributed by atoms with Crippen molar-refractivity contribution in [3.05, 3.63) is 11.6 Å². The van der Waals surface area contributed by atoms with E-state index in [0.29, 0.717) is 12.3 Å². The van der Waals surface area contributed by atoms with Gasteiger partial charge in [0, 0.05) is 5.92 Å². The first-order chi connectivity index (χ1) is 15.6. The van der Waals surface area contributed by atoms with Gasteiger partial charge in [-0.3, -0.25) is 9.59 Å². The molecule has 2 N–H and O–H groups in total. The van der Waals surface area contributed by atoms with E-state index in [9.17, 15) is 19.8 Å². The minimum absolute atomic E-state index is 0.0296. The third-order valence-electron chi connectivity index (χ3n) is 13.1. The van der Waals surface area contributed by atoms with E-state index in [-0.39, 0.29) is 50.8 Å². The highest BCUT2D eigenvalue weighted by Crippen LogP contribution is 2.75. The Labute approximate surface area is 206 Å². The topological polar surface area (TPSA) is 74.6 Å². The van der Waals surface area contributed by atoms with E-state index in [1.165, 1.54) is 5.57 Å². The molecule has 0 radical (unpaired) electrons. The highest BCUT2D eigenvalue weighted by atomic mass is 16.4. The number of carboxylic acid groups (broad SMARTS) is 1. The Balaban J connectivity index is 1.62. The smallest absolute Gasteiger partial charge is 0.309 e. The second kappa shape index (κ2) is 6.99. The molecule has 6 unspecified atom stereocenters. The van der Waals surface area contributed by atoms with Crippen LogP contribution >= 0.6 is 0 Å². The summed E-state index contributed by atoms with van der Waals surface area (Å²) in [5.41, 5.74) is 0.142. The van der Waals surface area contributed by atoms with E-state index in [1.807, 2.05) is 13.0 Å². The molecule has 0 amide bonds. The van der Waals surface area contributed by atoms with Gasteiger partial charge in [0.2, 0.25) is 0 Å². The summed E-state index contributed by atoms with van der Waals surface area (Å²) >= 11 is 0. The zero-order valence-electron chi connectivity index (χ0n) is 22.5. The number of aliphatic hydroxyl groups is 1. The summed E-state index contributed by atoms with van der Waals surface area (Å²) in [4.78, 5) is 26.4. The van der Waals surface area contributed by atoms with E-state index >= 15 is 0 Å². The van der Waals surface area contributed by atoms with Crippen LogP contribution in [0.2, 0.25) is 0 Å². The predicted molar refractivity (Wildman–Crippen MR) is 133 cm³/mol. The van der Waals surface area contributed by atoms with Crippen LogP contribution in [0.4, 0.5) is 0 Å². The van der Waals surface area contributed by atoms with E-state index in [4.69, 9.17) is 0 Å². The Morgan fingerprint density at radius 2 is 1.56 bits per heavy atom. The molecule has 4 nitrogen and oxygen atoms in total. The number of carboxylic acids is 1. The number of hydrogen-bond donors (Lipinski definition) is 2. The number of hydrogen-bond acceptors (Lipinski definition) is 3. The zero-order chi connectivity index (χ0) is 25.1. The van der Waals surface area contributed by atoms with Gasteiger partial charge < -0.3 is 10.2 Å². The summed E-state index contributed by atoms with van der Waals surface area (Å²) in [6, 6.07) is 0. The second-order valence-corrected chi connectivity index (χ2v) is 14.9. The molecule has 0 spiro atoms. The van der Waals surface area contributed by atoms with Crippen LogP contribution < -0.4 is 0 Å². The minimum Gasteiger partial charge on any atom is -0.481 e. The number of aliphatic carboxylic acids is 1. The van der Waals surface area contributed by atoms with Crippen molar-refractivity contribution in [2.75, 3.05) is 0 Å². The average Bonchev–Trinajstić information content (AvgIpc) is 2.73. The molecule has 0 aliphatic heterocycles. The molecule has 0 saturated heterocycles. The molecule has 5 aliphatic carbocycles. The van der Waals surface area contributed by atoms with Crippen LogP contribution in [-0.4, -0.2) is 28.1 Å². The molecule has 34 heavy (non-hydrogen) atoms. The van der Waals surface area contributed by atoms with E-state index in [0.717, 1.165) is 51.4 Å². The van der Waals surface area contributed by atoms with Crippen molar-refractivity contribution >= 4 is 11.8 Å². The fourth-order valence-electron chi connectivity index (χ4n) is 10.4. The quantitative estimate of drug-likeness (QED) is 0.464. The lowest BCUT2D eigenvalue weighted by molar-refractivity contribution is -0.202. The first kappa shape index (κ1) is 24.5. The van der Waals surface area contributed by atoms with Crippen LogP contribution in [0.25, 0.3) is 0 Å². The maximum absolute atomic E-state index is 14.2. The highest BCUT2D eigenvalue weighted by molar-refractivity contribution is 5.95. The van der Waals surface area contributed by atoms with Crippen LogP contribution in [0.1, 0.15) is 106 Å². The normalized spacial score (nSPS) is 54.1. The molecular weight excluding hydrogens is 424 g/mol. The van der Waals surface area contributed by atoms with Crippen LogP contribution in [0.5, 0.6) is 0 Å². The molecule has 0 aromatic heterocycles. The van der Waals surface area contributed by atoms with E-state index in [1.54, 1.807) is 0 Å². The molecule has 5 aliphatic rings. The summed E-state index contributed by atoms with van der Waals surface area (Å²) in [7, 11) is 0. The molecule has 5 rings (SSSR count). The number of ketones is 1. The van der Waals surface area contributed by atoms with Gasteiger partial charge in [-0.25, -0.2) is 0 Å². The van der Waals surface area contributed by atoms with Gasteiger partial charge in [-0.1, -0.05) is 47.1 Å². The number of fused-ring (bicyclic) bond motifs is 7. The summed E-state index contributed by atoms with van der Waals surface area (Å²) in [5, 5.41) is 20.9. The van der Waals surface area contributed by atoms with E-state index < -0.39 is 11.4 Å². The fraction of sp³-hybridized carbons (Fsp3) is 0.867. The summed E-state index contributed by atoms with van der Waals surface area (Å²) in [5.74, 6) is 0.0603. The van der Waals surface area contributed by atoms with Crippen molar-refractivity contribution in [2.45, 2.75) is 112 Å². The van der Waals surface area contributed by atoms with Crippen LogP contribution in [0.15, 0.2) is 11.6 Å². The fourth-order valence-corrected chi connectivity index (χ4v) is 10.4. The minimum atomic E-state index is -0.711. The van der Waals surface area contributed by atoms with Crippen molar-refractivity contribution in [2.24, 2.45) is 50.2 Å². The first-order valence-corrected chi connectivity index (χ1v) is 13.7. The largest absolute Gasteiger partial charge is 0.481 e. The number of rotatable bonds is 1. The first-order valence-electron chi connectivity index (χ1n) is 13.7. The Bertz CT molecular complexity index is 965. The van der Waals surface area contributed by atoms with Gasteiger partial charge in [0.15, 0.2) is 5.78 Å². The lowest BCUT2D eigenvalue weighted by Gasteiger charge is -2.70. The van der Waals surface area contributed by atoms with Gasteiger partial charge in [0.05, 0.1) is 11.5 Å². The molecule has 190 valence electrons. The summed E-state index contributed by atoms with van der Waals surface area (Å²) in [6.07, 6.45) is 9.95. The lowest BCUT2D eigenvalue weighted by Crippen LogP contribution is -2.66. The van der Waals surface area contributed by atoms with Crippen molar-refractivity contribution < 1.29 is 19.8 Å². The number of carbonyl (C=O) groups is 2. The van der Waals surface area contributed by atoms with Gasteiger partial charge >= 0.3 is 5.97 Å². The zero-order valence-corrected chi connectivity index (χ0v) is 22.5. The Kier molecular flexibility index (Phi) is 5.04. The highest BCUT2D eigenvalue weighted by Gasteiger charge is 2.70. The van der Waals surface area contributed by atoms with Crippen LogP contribution in [0, 0.1) is 50.2 Å². The third-order valence-corrected chi connectivity index (χ3v) is 13.1. The number of allylic oxidation sites excluding steroid dienone is 2. The lowest BCUT2D eigenvalue weighted by atomic mass is 9.33. The van der Waals surface area contributed by atoms with Crippen molar-refractivity contribution in [3.8, 4) is 0 Å². The predicted octanol–water partition coefficient (Wildman–Crippen LogP) is 6.41. The average molecular weight is 471 g/mol. The monoisotopic (exact) mass is 470 g/mol. The molecule has 9 atom stereocenters. The molecule has 0 heterocycles. The molecule has 0 aromatic carbocycles. The van der Waals surface area contributed by atoms with Crippen molar-refractivity contribution in [1.29, 1.82) is 0 Å². The Morgan fingerprint density at radius 1 is 0.912 bits per heavy atom.